The Balaban J connectivity index is 1.85. The zero-order valence-electron chi connectivity index (χ0n) is 15.6. The topological polar surface area (TPSA) is 53.1 Å². The third-order valence-corrected chi connectivity index (χ3v) is 6.02. The standard InChI is InChI=1S/C23H19ClN4/c1-14-10-11-15(12-19(14)24)26-22-17-7-3-2-6-16(17)18(13-25)23-27-20-8-4-5-9-21(20)28(22)23/h4-5,8-12,26H,2-3,6-7H2,1H3. The summed E-state index contributed by atoms with van der Waals surface area (Å²) in [5, 5.41) is 14.3. The highest BCUT2D eigenvalue weighted by Crippen LogP contribution is 2.37. The van der Waals surface area contributed by atoms with Gasteiger partial charge in [-0.1, -0.05) is 29.8 Å². The van der Waals surface area contributed by atoms with Crippen molar-refractivity contribution in [3.05, 3.63) is 69.7 Å². The lowest BCUT2D eigenvalue weighted by Crippen LogP contribution is -2.13. The monoisotopic (exact) mass is 386 g/mol. The Morgan fingerprint density at radius 3 is 2.68 bits per heavy atom. The van der Waals surface area contributed by atoms with Crippen LogP contribution in [0.2, 0.25) is 5.02 Å². The molecule has 0 saturated carbocycles. The molecule has 1 N–H and O–H groups in total. The summed E-state index contributed by atoms with van der Waals surface area (Å²) in [5.41, 5.74) is 7.67. The lowest BCUT2D eigenvalue weighted by molar-refractivity contribution is 0.682. The molecule has 0 spiro atoms. The molecule has 0 fully saturated rings. The third-order valence-electron chi connectivity index (χ3n) is 5.61. The first kappa shape index (κ1) is 17.1. The Hall–Kier alpha value is -3.03. The Labute approximate surface area is 168 Å². The van der Waals surface area contributed by atoms with Crippen molar-refractivity contribution in [3.8, 4) is 6.07 Å². The van der Waals surface area contributed by atoms with Crippen LogP contribution in [0, 0.1) is 18.3 Å². The molecule has 2 aromatic carbocycles. The van der Waals surface area contributed by atoms with Crippen molar-refractivity contribution in [2.45, 2.75) is 32.6 Å². The molecule has 0 saturated heterocycles. The van der Waals surface area contributed by atoms with Crippen molar-refractivity contribution >= 4 is 39.8 Å². The van der Waals surface area contributed by atoms with Crippen LogP contribution >= 0.6 is 11.6 Å². The van der Waals surface area contributed by atoms with Gasteiger partial charge in [-0.2, -0.15) is 5.26 Å². The number of nitrogens with one attached hydrogen (secondary N) is 1. The van der Waals surface area contributed by atoms with Crippen molar-refractivity contribution in [1.82, 2.24) is 9.38 Å². The van der Waals surface area contributed by atoms with Crippen LogP contribution < -0.4 is 5.32 Å². The van der Waals surface area contributed by atoms with Crippen molar-refractivity contribution in [3.63, 3.8) is 0 Å². The fourth-order valence-corrected chi connectivity index (χ4v) is 4.37. The summed E-state index contributed by atoms with van der Waals surface area (Å²) in [6.45, 7) is 2.00. The maximum Gasteiger partial charge on any atom is 0.157 e. The second-order valence-corrected chi connectivity index (χ2v) is 7.76. The molecule has 0 bridgehead atoms. The molecule has 1 aliphatic rings. The van der Waals surface area contributed by atoms with Gasteiger partial charge in [0.25, 0.3) is 0 Å². The van der Waals surface area contributed by atoms with Crippen LogP contribution in [0.15, 0.2) is 42.5 Å². The number of fused-ring (bicyclic) bond motifs is 4. The van der Waals surface area contributed by atoms with E-state index in [9.17, 15) is 5.26 Å². The predicted molar refractivity (Wildman–Crippen MR) is 114 cm³/mol. The molecule has 5 rings (SSSR count). The van der Waals surface area contributed by atoms with Gasteiger partial charge >= 0.3 is 0 Å². The number of benzene rings is 2. The van der Waals surface area contributed by atoms with Gasteiger partial charge in [0.1, 0.15) is 11.9 Å². The summed E-state index contributed by atoms with van der Waals surface area (Å²) in [6.07, 6.45) is 4.10. The second-order valence-electron chi connectivity index (χ2n) is 7.35. The number of nitrogens with zero attached hydrogens (tertiary/aromatic N) is 3. The van der Waals surface area contributed by atoms with Gasteiger partial charge in [0, 0.05) is 10.7 Å². The summed E-state index contributed by atoms with van der Waals surface area (Å²) in [5.74, 6) is 0.998. The molecule has 4 aromatic rings. The predicted octanol–water partition coefficient (Wildman–Crippen LogP) is 5.94. The Kier molecular flexibility index (Phi) is 3.99. The molecule has 1 aliphatic carbocycles. The van der Waals surface area contributed by atoms with Gasteiger partial charge in [-0.25, -0.2) is 4.98 Å². The second kappa shape index (κ2) is 6.54. The van der Waals surface area contributed by atoms with Gasteiger partial charge in [-0.05, 0) is 73.6 Å². The van der Waals surface area contributed by atoms with E-state index in [2.05, 4.69) is 21.9 Å². The van der Waals surface area contributed by atoms with E-state index in [1.807, 2.05) is 43.3 Å². The largest absolute Gasteiger partial charge is 0.341 e. The molecule has 28 heavy (non-hydrogen) atoms. The van der Waals surface area contributed by atoms with Gasteiger partial charge in [-0.15, -0.1) is 0 Å². The number of rotatable bonds is 2. The van der Waals surface area contributed by atoms with Crippen molar-refractivity contribution < 1.29 is 0 Å². The smallest absolute Gasteiger partial charge is 0.157 e. The number of imidazole rings is 1. The first-order valence-corrected chi connectivity index (χ1v) is 9.93. The number of pyridine rings is 1. The minimum Gasteiger partial charge on any atom is -0.341 e. The highest BCUT2D eigenvalue weighted by atomic mass is 35.5. The van der Waals surface area contributed by atoms with E-state index in [4.69, 9.17) is 16.6 Å². The van der Waals surface area contributed by atoms with Gasteiger partial charge in [0.2, 0.25) is 0 Å². The number of anilines is 2. The average molecular weight is 387 g/mol. The average Bonchev–Trinajstić information content (AvgIpc) is 3.10. The third kappa shape index (κ3) is 2.55. The zero-order valence-corrected chi connectivity index (χ0v) is 16.3. The quantitative estimate of drug-likeness (QED) is 0.463. The number of halogens is 1. The van der Waals surface area contributed by atoms with E-state index >= 15 is 0 Å². The molecule has 0 unspecified atom stereocenters. The minimum atomic E-state index is 0.707. The fourth-order valence-electron chi connectivity index (χ4n) is 4.19. The molecule has 5 heteroatoms. The van der Waals surface area contributed by atoms with Crippen molar-refractivity contribution in [1.29, 1.82) is 5.26 Å². The number of nitriles is 1. The van der Waals surface area contributed by atoms with E-state index in [1.165, 1.54) is 5.56 Å². The molecule has 2 heterocycles. The summed E-state index contributed by atoms with van der Waals surface area (Å²) in [4.78, 5) is 4.80. The van der Waals surface area contributed by atoms with Crippen molar-refractivity contribution in [2.75, 3.05) is 5.32 Å². The molecular formula is C23H19ClN4. The van der Waals surface area contributed by atoms with Gasteiger partial charge < -0.3 is 5.32 Å². The van der Waals surface area contributed by atoms with Crippen LogP contribution in [-0.4, -0.2) is 9.38 Å². The van der Waals surface area contributed by atoms with Crippen LogP contribution in [0.5, 0.6) is 0 Å². The molecule has 2 aromatic heterocycles. The molecule has 0 aliphatic heterocycles. The van der Waals surface area contributed by atoms with Gasteiger partial charge in [0.15, 0.2) is 5.65 Å². The summed E-state index contributed by atoms with van der Waals surface area (Å²) in [7, 11) is 0. The first-order valence-electron chi connectivity index (χ1n) is 9.55. The Morgan fingerprint density at radius 2 is 1.89 bits per heavy atom. The summed E-state index contributed by atoms with van der Waals surface area (Å²) in [6, 6.07) is 16.5. The minimum absolute atomic E-state index is 0.707. The van der Waals surface area contributed by atoms with E-state index in [1.54, 1.807) is 0 Å². The van der Waals surface area contributed by atoms with E-state index in [0.717, 1.165) is 70.0 Å². The van der Waals surface area contributed by atoms with Crippen LogP contribution in [-0.2, 0) is 12.8 Å². The zero-order chi connectivity index (χ0) is 19.3. The number of hydrogen-bond donors (Lipinski definition) is 1. The number of para-hydroxylation sites is 2. The van der Waals surface area contributed by atoms with Crippen molar-refractivity contribution in [2.24, 2.45) is 0 Å². The summed E-state index contributed by atoms with van der Waals surface area (Å²) >= 11 is 6.36. The van der Waals surface area contributed by atoms with Crippen LogP contribution in [0.3, 0.4) is 0 Å². The van der Waals surface area contributed by atoms with Gasteiger partial charge in [0.05, 0.1) is 16.6 Å². The molecule has 138 valence electrons. The summed E-state index contributed by atoms with van der Waals surface area (Å²) < 4.78 is 2.10. The number of aryl methyl sites for hydroxylation is 1. The van der Waals surface area contributed by atoms with E-state index < -0.39 is 0 Å². The van der Waals surface area contributed by atoms with Gasteiger partial charge in [-0.3, -0.25) is 4.40 Å². The molecule has 0 amide bonds. The maximum atomic E-state index is 9.92. The molecular weight excluding hydrogens is 368 g/mol. The fraction of sp³-hybridized carbons (Fsp3) is 0.217. The maximum absolute atomic E-state index is 9.92. The first-order chi connectivity index (χ1) is 13.7. The molecule has 0 atom stereocenters. The highest BCUT2D eigenvalue weighted by molar-refractivity contribution is 6.31. The SMILES string of the molecule is Cc1ccc(Nc2c3c(c(C#N)c4nc5ccccc5n24)CCCC3)cc1Cl. The van der Waals surface area contributed by atoms with Crippen LogP contribution in [0.1, 0.15) is 35.1 Å². The molecule has 4 nitrogen and oxygen atoms in total. The number of aromatic nitrogens is 2. The van der Waals surface area contributed by atoms with Crippen LogP contribution in [0.4, 0.5) is 11.5 Å². The Bertz CT molecular complexity index is 1280. The van der Waals surface area contributed by atoms with E-state index in [-0.39, 0.29) is 0 Å². The van der Waals surface area contributed by atoms with Crippen LogP contribution in [0.25, 0.3) is 16.7 Å². The van der Waals surface area contributed by atoms with E-state index in [0.29, 0.717) is 5.56 Å². The normalized spacial score (nSPS) is 13.5. The molecule has 0 radical (unpaired) electrons. The Morgan fingerprint density at radius 1 is 1.11 bits per heavy atom. The highest BCUT2D eigenvalue weighted by Gasteiger charge is 2.24. The lowest BCUT2D eigenvalue weighted by Gasteiger charge is -2.23. The number of hydrogen-bond acceptors (Lipinski definition) is 3. The lowest BCUT2D eigenvalue weighted by atomic mass is 9.89.